The van der Waals surface area contributed by atoms with E-state index in [0.29, 0.717) is 11.3 Å². The molecule has 2 aromatic heterocycles. The first-order valence-electron chi connectivity index (χ1n) is 11.4. The number of rotatable bonds is 9. The normalized spacial score (nSPS) is 12.3. The smallest absolute Gasteiger partial charge is 0.471 e. The number of hydrogen-bond donors (Lipinski definition) is 4. The van der Waals surface area contributed by atoms with Gasteiger partial charge in [0.15, 0.2) is 11.2 Å². The van der Waals surface area contributed by atoms with Gasteiger partial charge < -0.3 is 16.2 Å². The number of nitrogens with one attached hydrogen (secondary N) is 2. The van der Waals surface area contributed by atoms with Crippen LogP contribution in [-0.2, 0) is 11.3 Å². The number of nitrogens with zero attached hydrogens (tertiary/aromatic N) is 4. The molecule has 0 bridgehead atoms. The first-order valence-corrected chi connectivity index (χ1v) is 11.4. The molecular weight excluding hydrogens is 519 g/mol. The quantitative estimate of drug-likeness (QED) is 0.236. The van der Waals surface area contributed by atoms with Gasteiger partial charge in [-0.3, -0.25) is 24.3 Å². The maximum atomic E-state index is 13.4. The standard InChI is InChI=1S/C25H24F3N7O4/c1-3-18(36)9-4-14(2)10-11-30-21(37)15-5-7-17(8-6-15)35(23(39)25(26,27)28)13-16-12-31-20-19(32-16)22(38)34-24(29)33-20/h3-9,12,36H,1,10-11,13H2,2H3,(H,30,37)(H3,29,31,33,34,38)/b14-4+,18-9+. The number of H-pyrrole nitrogens is 1. The molecule has 0 fully saturated rings. The number of nitrogens with two attached hydrogens (primary N) is 1. The van der Waals surface area contributed by atoms with Crippen LogP contribution < -0.4 is 21.5 Å². The third-order valence-electron chi connectivity index (χ3n) is 5.29. The number of allylic oxidation sites excluding steroid dienone is 3. The summed E-state index contributed by atoms with van der Waals surface area (Å²) < 4.78 is 40.2. The molecule has 0 saturated carbocycles. The third kappa shape index (κ3) is 7.50. The van der Waals surface area contributed by atoms with Gasteiger partial charge in [0, 0.05) is 17.8 Å². The van der Waals surface area contributed by atoms with Crippen LogP contribution in [0.3, 0.4) is 0 Å². The van der Waals surface area contributed by atoms with Crippen LogP contribution in [0.1, 0.15) is 29.4 Å². The van der Waals surface area contributed by atoms with Crippen LogP contribution in [0.5, 0.6) is 0 Å². The van der Waals surface area contributed by atoms with E-state index in [4.69, 9.17) is 5.73 Å². The molecule has 0 aliphatic heterocycles. The molecule has 39 heavy (non-hydrogen) atoms. The van der Waals surface area contributed by atoms with Crippen molar-refractivity contribution in [1.82, 2.24) is 25.3 Å². The lowest BCUT2D eigenvalue weighted by Gasteiger charge is -2.23. The van der Waals surface area contributed by atoms with Crippen molar-refractivity contribution in [1.29, 1.82) is 0 Å². The monoisotopic (exact) mass is 543 g/mol. The number of carbonyl (C=O) groups is 2. The first kappa shape index (κ1) is 28.6. The summed E-state index contributed by atoms with van der Waals surface area (Å²) in [6, 6.07) is 4.93. The van der Waals surface area contributed by atoms with Gasteiger partial charge in [0.25, 0.3) is 11.5 Å². The molecular formula is C25H24F3N7O4. The van der Waals surface area contributed by atoms with Gasteiger partial charge >= 0.3 is 12.1 Å². The summed E-state index contributed by atoms with van der Waals surface area (Å²) in [4.78, 5) is 51.1. The molecule has 0 aliphatic rings. The molecule has 0 radical (unpaired) electrons. The van der Waals surface area contributed by atoms with Crippen molar-refractivity contribution in [3.63, 3.8) is 0 Å². The van der Waals surface area contributed by atoms with Crippen molar-refractivity contribution < 1.29 is 27.9 Å². The number of benzene rings is 1. The number of carbonyl (C=O) groups excluding carboxylic acids is 2. The van der Waals surface area contributed by atoms with E-state index in [2.05, 4.69) is 31.8 Å². The molecule has 14 heteroatoms. The molecule has 204 valence electrons. The summed E-state index contributed by atoms with van der Waals surface area (Å²) in [5.41, 5.74) is 5.10. The summed E-state index contributed by atoms with van der Waals surface area (Å²) in [5.74, 6) is -2.86. The van der Waals surface area contributed by atoms with Crippen molar-refractivity contribution in [2.45, 2.75) is 26.1 Å². The fourth-order valence-corrected chi connectivity index (χ4v) is 3.29. The van der Waals surface area contributed by atoms with E-state index in [9.17, 15) is 32.7 Å². The Bertz CT molecular complexity index is 1510. The molecule has 0 saturated heterocycles. The predicted molar refractivity (Wildman–Crippen MR) is 138 cm³/mol. The lowest BCUT2D eigenvalue weighted by Crippen LogP contribution is -2.41. The minimum atomic E-state index is -5.21. The number of aromatic nitrogens is 4. The van der Waals surface area contributed by atoms with Gasteiger partial charge in [0.05, 0.1) is 18.4 Å². The summed E-state index contributed by atoms with van der Waals surface area (Å²) >= 11 is 0. The van der Waals surface area contributed by atoms with E-state index in [1.165, 1.54) is 36.4 Å². The largest absolute Gasteiger partial charge is 0.508 e. The number of anilines is 2. The summed E-state index contributed by atoms with van der Waals surface area (Å²) in [7, 11) is 0. The minimum absolute atomic E-state index is 0.0000344. The predicted octanol–water partition coefficient (Wildman–Crippen LogP) is 3.08. The van der Waals surface area contributed by atoms with E-state index in [1.54, 1.807) is 6.08 Å². The Morgan fingerprint density at radius 2 is 1.90 bits per heavy atom. The second-order valence-corrected chi connectivity index (χ2v) is 8.24. The Hall–Kier alpha value is -5.01. The number of fused-ring (bicyclic) bond motifs is 1. The van der Waals surface area contributed by atoms with Crippen LogP contribution in [0.25, 0.3) is 11.2 Å². The molecule has 0 unspecified atom stereocenters. The van der Waals surface area contributed by atoms with Gasteiger partial charge in [-0.2, -0.15) is 18.2 Å². The van der Waals surface area contributed by atoms with Crippen LogP contribution in [0, 0.1) is 0 Å². The zero-order chi connectivity index (χ0) is 28.7. The molecule has 0 aliphatic carbocycles. The average Bonchev–Trinajstić information content (AvgIpc) is 2.89. The first-order chi connectivity index (χ1) is 18.4. The number of halogens is 3. The SMILES string of the molecule is C=C/C(O)=C\C=C(/C)CCNC(=O)c1ccc(N(Cc2cnc3nc(N)[nH]c(=O)c3n2)C(=O)C(F)(F)F)cc1. The molecule has 3 rings (SSSR count). The highest BCUT2D eigenvalue weighted by Gasteiger charge is 2.43. The molecule has 1 aromatic carbocycles. The Morgan fingerprint density at radius 1 is 1.21 bits per heavy atom. The molecule has 2 heterocycles. The lowest BCUT2D eigenvalue weighted by molar-refractivity contribution is -0.170. The average molecular weight is 544 g/mol. The fourth-order valence-electron chi connectivity index (χ4n) is 3.29. The lowest BCUT2D eigenvalue weighted by atomic mass is 10.1. The highest BCUT2D eigenvalue weighted by atomic mass is 19.4. The molecule has 11 nitrogen and oxygen atoms in total. The van der Waals surface area contributed by atoms with Gasteiger partial charge in [-0.1, -0.05) is 18.2 Å². The van der Waals surface area contributed by atoms with E-state index < -0.39 is 30.1 Å². The minimum Gasteiger partial charge on any atom is -0.508 e. The zero-order valence-corrected chi connectivity index (χ0v) is 20.6. The summed E-state index contributed by atoms with van der Waals surface area (Å²) in [5, 5.41) is 12.1. The number of amides is 2. The third-order valence-corrected chi connectivity index (χ3v) is 5.29. The molecule has 0 atom stereocenters. The van der Waals surface area contributed by atoms with Gasteiger partial charge in [-0.05, 0) is 49.8 Å². The van der Waals surface area contributed by atoms with Gasteiger partial charge in [0.2, 0.25) is 5.95 Å². The molecule has 0 spiro atoms. The Kier molecular flexibility index (Phi) is 8.80. The second kappa shape index (κ2) is 12.0. The molecule has 5 N–H and O–H groups in total. The summed E-state index contributed by atoms with van der Waals surface area (Å²) in [6.07, 6.45) is 0.769. The number of aliphatic hydroxyl groups is 1. The zero-order valence-electron chi connectivity index (χ0n) is 20.6. The van der Waals surface area contributed by atoms with Gasteiger partial charge in [-0.15, -0.1) is 0 Å². The van der Waals surface area contributed by atoms with E-state index in [-0.39, 0.29) is 46.4 Å². The molecule has 2 amide bonds. The van der Waals surface area contributed by atoms with E-state index in [0.717, 1.165) is 11.8 Å². The number of hydrogen-bond acceptors (Lipinski definition) is 8. The Balaban J connectivity index is 1.78. The van der Waals surface area contributed by atoms with E-state index in [1.807, 2.05) is 6.92 Å². The highest BCUT2D eigenvalue weighted by Crippen LogP contribution is 2.26. The van der Waals surface area contributed by atoms with Gasteiger partial charge in [-0.25, -0.2) is 9.97 Å². The summed E-state index contributed by atoms with van der Waals surface area (Å²) in [6.45, 7) is 4.83. The van der Waals surface area contributed by atoms with Crippen molar-refractivity contribution in [2.75, 3.05) is 17.2 Å². The van der Waals surface area contributed by atoms with Crippen molar-refractivity contribution in [2.24, 2.45) is 0 Å². The number of aromatic amines is 1. The van der Waals surface area contributed by atoms with Crippen molar-refractivity contribution in [3.05, 3.63) is 88.2 Å². The highest BCUT2D eigenvalue weighted by molar-refractivity contribution is 5.98. The second-order valence-electron chi connectivity index (χ2n) is 8.24. The van der Waals surface area contributed by atoms with Crippen molar-refractivity contribution >= 4 is 34.6 Å². The Morgan fingerprint density at radius 3 is 2.54 bits per heavy atom. The topological polar surface area (TPSA) is 167 Å². The maximum absolute atomic E-state index is 13.4. The maximum Gasteiger partial charge on any atom is 0.471 e. The fraction of sp³-hybridized carbons (Fsp3) is 0.200. The molecule has 3 aromatic rings. The number of aliphatic hydroxyl groups excluding tert-OH is 1. The van der Waals surface area contributed by atoms with Gasteiger partial charge in [0.1, 0.15) is 5.76 Å². The van der Waals surface area contributed by atoms with Crippen LogP contribution in [0.4, 0.5) is 24.8 Å². The number of nitrogen functional groups attached to an aromatic ring is 1. The van der Waals surface area contributed by atoms with Crippen LogP contribution >= 0.6 is 0 Å². The van der Waals surface area contributed by atoms with E-state index >= 15 is 0 Å². The number of alkyl halides is 3. The van der Waals surface area contributed by atoms with Crippen LogP contribution in [0.15, 0.2) is 71.4 Å². The Labute approximate surface area is 219 Å². The van der Waals surface area contributed by atoms with Crippen molar-refractivity contribution in [3.8, 4) is 0 Å². The van der Waals surface area contributed by atoms with Crippen LogP contribution in [-0.4, -0.2) is 49.6 Å². The van der Waals surface area contributed by atoms with Crippen LogP contribution in [0.2, 0.25) is 0 Å².